The third-order valence-corrected chi connectivity index (χ3v) is 5.04. The first-order chi connectivity index (χ1) is 16.5. The third-order valence-electron chi connectivity index (χ3n) is 4.79. The fourth-order valence-electron chi connectivity index (χ4n) is 3.09. The van der Waals surface area contributed by atoms with Gasteiger partial charge in [0.1, 0.15) is 11.8 Å². The molecule has 10 nitrogen and oxygen atoms in total. The summed E-state index contributed by atoms with van der Waals surface area (Å²) in [6.07, 6.45) is 2.66. The molecule has 0 unspecified atom stereocenters. The van der Waals surface area contributed by atoms with E-state index in [1.54, 1.807) is 55.5 Å². The van der Waals surface area contributed by atoms with E-state index in [4.69, 9.17) is 21.6 Å². The van der Waals surface area contributed by atoms with Crippen molar-refractivity contribution < 1.29 is 4.74 Å². The molecule has 0 aliphatic carbocycles. The molecular weight excluding hydrogens is 458 g/mol. The van der Waals surface area contributed by atoms with Crippen molar-refractivity contribution in [1.82, 2.24) is 24.1 Å². The molecule has 0 atom stereocenters. The zero-order chi connectivity index (χ0) is 24.1. The van der Waals surface area contributed by atoms with Crippen molar-refractivity contribution in [2.75, 3.05) is 0 Å². The monoisotopic (exact) mass is 475 g/mol. The quantitative estimate of drug-likeness (QED) is 0.456. The van der Waals surface area contributed by atoms with Crippen LogP contribution in [-0.4, -0.2) is 24.1 Å². The first-order valence-electron chi connectivity index (χ1n) is 10.2. The van der Waals surface area contributed by atoms with E-state index in [1.807, 2.05) is 6.07 Å². The minimum atomic E-state index is -0.544. The van der Waals surface area contributed by atoms with Crippen molar-refractivity contribution in [2.24, 2.45) is 4.99 Å². The molecule has 0 spiro atoms. The number of aromatic nitrogens is 5. The first-order valence-corrected chi connectivity index (χ1v) is 10.6. The summed E-state index contributed by atoms with van der Waals surface area (Å²) in [6.45, 7) is 2.14. The molecule has 2 aromatic carbocycles. The lowest BCUT2D eigenvalue weighted by molar-refractivity contribution is 0.460. The Labute approximate surface area is 198 Å². The van der Waals surface area contributed by atoms with Gasteiger partial charge in [-0.25, -0.2) is 29.1 Å². The van der Waals surface area contributed by atoms with Crippen molar-refractivity contribution in [3.63, 3.8) is 0 Å². The SMILES string of the molecule is CCn1c(=O)[nH]/c(=N\c2ccc(Oc3cnc(C#N)cn3)cc2)n(Cc2ccc(Cl)cc2)c1=O. The van der Waals surface area contributed by atoms with Crippen LogP contribution in [0.15, 0.2) is 75.5 Å². The lowest BCUT2D eigenvalue weighted by Crippen LogP contribution is -2.49. The Morgan fingerprint density at radius 1 is 1.06 bits per heavy atom. The Kier molecular flexibility index (Phi) is 6.66. The van der Waals surface area contributed by atoms with Gasteiger partial charge in [0.2, 0.25) is 11.5 Å². The Morgan fingerprint density at radius 2 is 1.79 bits per heavy atom. The number of ether oxygens (including phenoxy) is 1. The summed E-state index contributed by atoms with van der Waals surface area (Å²) in [5.74, 6) is 0.707. The second-order valence-electron chi connectivity index (χ2n) is 7.05. The first kappa shape index (κ1) is 22.7. The number of H-pyrrole nitrogens is 1. The Hall–Kier alpha value is -4.49. The largest absolute Gasteiger partial charge is 0.438 e. The molecule has 0 bridgehead atoms. The number of aromatic amines is 1. The molecular formula is C23H18ClN7O3. The highest BCUT2D eigenvalue weighted by Gasteiger charge is 2.09. The van der Waals surface area contributed by atoms with Crippen LogP contribution in [0.3, 0.4) is 0 Å². The maximum absolute atomic E-state index is 13.0. The molecule has 4 rings (SSSR count). The van der Waals surface area contributed by atoms with Gasteiger partial charge in [0, 0.05) is 11.6 Å². The second kappa shape index (κ2) is 9.97. The van der Waals surface area contributed by atoms with Crippen molar-refractivity contribution in [2.45, 2.75) is 20.0 Å². The molecule has 1 N–H and O–H groups in total. The topological polar surface area (TPSA) is 131 Å². The number of benzene rings is 2. The fraction of sp³-hybridized carbons (Fsp3) is 0.130. The van der Waals surface area contributed by atoms with Gasteiger partial charge in [0.25, 0.3) is 0 Å². The number of nitrogens with zero attached hydrogens (tertiary/aromatic N) is 6. The summed E-state index contributed by atoms with van der Waals surface area (Å²) in [6, 6.07) is 15.6. The van der Waals surface area contributed by atoms with Gasteiger partial charge in [-0.1, -0.05) is 23.7 Å². The van der Waals surface area contributed by atoms with E-state index in [0.717, 1.165) is 10.1 Å². The second-order valence-corrected chi connectivity index (χ2v) is 7.49. The lowest BCUT2D eigenvalue weighted by Gasteiger charge is -2.10. The van der Waals surface area contributed by atoms with Gasteiger partial charge in [-0.2, -0.15) is 5.26 Å². The van der Waals surface area contributed by atoms with Gasteiger partial charge in [0.15, 0.2) is 5.69 Å². The molecule has 0 aliphatic heterocycles. The highest BCUT2D eigenvalue weighted by molar-refractivity contribution is 6.30. The highest BCUT2D eigenvalue weighted by atomic mass is 35.5. The average molecular weight is 476 g/mol. The van der Waals surface area contributed by atoms with Crippen LogP contribution < -0.4 is 21.7 Å². The normalized spacial score (nSPS) is 11.3. The summed E-state index contributed by atoms with van der Waals surface area (Å²) in [7, 11) is 0. The number of hydrogen-bond acceptors (Lipinski definition) is 7. The van der Waals surface area contributed by atoms with Gasteiger partial charge in [-0.3, -0.25) is 9.55 Å². The van der Waals surface area contributed by atoms with E-state index in [2.05, 4.69) is 19.9 Å². The van der Waals surface area contributed by atoms with Crippen molar-refractivity contribution in [3.8, 4) is 17.7 Å². The van der Waals surface area contributed by atoms with Gasteiger partial charge in [-0.05, 0) is 48.9 Å². The molecule has 34 heavy (non-hydrogen) atoms. The molecule has 2 aromatic heterocycles. The standard InChI is InChI=1S/C23H18ClN7O3/c1-2-30-22(32)29-21(31(23(30)33)14-15-3-5-16(24)6-4-15)28-17-7-9-19(10-8-17)34-20-13-26-18(11-25)12-27-20/h3-10,12-13H,2,14H2,1H3,(H,28,29,32). The molecule has 170 valence electrons. The van der Waals surface area contributed by atoms with Gasteiger partial charge < -0.3 is 4.74 Å². The zero-order valence-electron chi connectivity index (χ0n) is 18.0. The molecule has 0 fully saturated rings. The zero-order valence-corrected chi connectivity index (χ0v) is 18.7. The smallest absolute Gasteiger partial charge is 0.335 e. The summed E-state index contributed by atoms with van der Waals surface area (Å²) < 4.78 is 8.11. The van der Waals surface area contributed by atoms with Crippen molar-refractivity contribution in [1.29, 1.82) is 5.26 Å². The molecule has 0 saturated heterocycles. The number of halogens is 1. The van der Waals surface area contributed by atoms with E-state index < -0.39 is 11.4 Å². The maximum atomic E-state index is 13.0. The fourth-order valence-corrected chi connectivity index (χ4v) is 3.22. The van der Waals surface area contributed by atoms with E-state index in [0.29, 0.717) is 16.5 Å². The third kappa shape index (κ3) is 5.11. The van der Waals surface area contributed by atoms with Crippen LogP contribution in [0.2, 0.25) is 5.02 Å². The minimum absolute atomic E-state index is 0.112. The van der Waals surface area contributed by atoms with E-state index >= 15 is 0 Å². The average Bonchev–Trinajstić information content (AvgIpc) is 2.84. The van der Waals surface area contributed by atoms with Crippen LogP contribution in [0, 0.1) is 11.3 Å². The molecule has 0 radical (unpaired) electrons. The van der Waals surface area contributed by atoms with E-state index in [-0.39, 0.29) is 30.3 Å². The number of nitrogens with one attached hydrogen (secondary N) is 1. The predicted molar refractivity (Wildman–Crippen MR) is 124 cm³/mol. The minimum Gasteiger partial charge on any atom is -0.438 e. The summed E-state index contributed by atoms with van der Waals surface area (Å²) >= 11 is 5.96. The molecule has 0 aliphatic rings. The molecule has 11 heteroatoms. The molecule has 4 aromatic rings. The van der Waals surface area contributed by atoms with Gasteiger partial charge >= 0.3 is 11.4 Å². The summed E-state index contributed by atoms with van der Waals surface area (Å²) in [5, 5.41) is 9.38. The van der Waals surface area contributed by atoms with Crippen LogP contribution >= 0.6 is 11.6 Å². The lowest BCUT2D eigenvalue weighted by atomic mass is 10.2. The number of hydrogen-bond donors (Lipinski definition) is 1. The maximum Gasteiger partial charge on any atom is 0.335 e. The molecule has 2 heterocycles. The van der Waals surface area contributed by atoms with Gasteiger partial charge in [-0.15, -0.1) is 0 Å². The van der Waals surface area contributed by atoms with E-state index in [9.17, 15) is 9.59 Å². The van der Waals surface area contributed by atoms with Crippen LogP contribution in [0.25, 0.3) is 0 Å². The van der Waals surface area contributed by atoms with Crippen LogP contribution in [0.1, 0.15) is 18.2 Å². The van der Waals surface area contributed by atoms with Crippen LogP contribution in [-0.2, 0) is 13.1 Å². The van der Waals surface area contributed by atoms with E-state index in [1.165, 1.54) is 17.0 Å². The van der Waals surface area contributed by atoms with Crippen molar-refractivity contribution in [3.05, 3.63) is 104 Å². The van der Waals surface area contributed by atoms with Gasteiger partial charge in [0.05, 0.1) is 24.6 Å². The Bertz CT molecular complexity index is 1530. The summed E-state index contributed by atoms with van der Waals surface area (Å²) in [5.41, 5.74) is 0.600. The van der Waals surface area contributed by atoms with Crippen LogP contribution in [0.5, 0.6) is 11.6 Å². The van der Waals surface area contributed by atoms with Crippen LogP contribution in [0.4, 0.5) is 5.69 Å². The highest BCUT2D eigenvalue weighted by Crippen LogP contribution is 2.22. The molecule has 0 amide bonds. The number of nitriles is 1. The number of rotatable bonds is 6. The molecule has 0 saturated carbocycles. The summed E-state index contributed by atoms with van der Waals surface area (Å²) in [4.78, 5) is 40.4. The Balaban J connectivity index is 1.68. The predicted octanol–water partition coefficient (Wildman–Crippen LogP) is 2.75. The Morgan fingerprint density at radius 3 is 2.41 bits per heavy atom. The van der Waals surface area contributed by atoms with Crippen molar-refractivity contribution >= 4 is 17.3 Å².